The lowest BCUT2D eigenvalue weighted by atomic mass is 9.85. The lowest BCUT2D eigenvalue weighted by Gasteiger charge is -2.39. The van der Waals surface area contributed by atoms with Gasteiger partial charge in [0.05, 0.1) is 18.0 Å². The molecule has 1 saturated heterocycles. The first-order valence-corrected chi connectivity index (χ1v) is 11.7. The van der Waals surface area contributed by atoms with Crippen molar-refractivity contribution in [1.29, 1.82) is 0 Å². The summed E-state index contributed by atoms with van der Waals surface area (Å²) in [6, 6.07) is 11.1. The first-order chi connectivity index (χ1) is 16.5. The largest absolute Gasteiger partial charge is 0.356 e. The molecule has 1 atom stereocenters. The van der Waals surface area contributed by atoms with Crippen LogP contribution < -0.4 is 16.0 Å². The second kappa shape index (κ2) is 9.44. The molecular formula is C24H27ClN8O. The molecule has 1 unspecified atom stereocenters. The van der Waals surface area contributed by atoms with Gasteiger partial charge in [0.15, 0.2) is 0 Å². The van der Waals surface area contributed by atoms with Gasteiger partial charge in [-0.3, -0.25) is 9.48 Å². The van der Waals surface area contributed by atoms with E-state index >= 15 is 0 Å². The van der Waals surface area contributed by atoms with Crippen LogP contribution >= 0.6 is 11.6 Å². The molecule has 0 aliphatic carbocycles. The Bertz CT molecular complexity index is 1250. The van der Waals surface area contributed by atoms with Crippen molar-refractivity contribution < 1.29 is 4.79 Å². The summed E-state index contributed by atoms with van der Waals surface area (Å²) in [6.45, 7) is 1.98. The number of H-pyrrole nitrogens is 1. The molecule has 4 heterocycles. The van der Waals surface area contributed by atoms with Crippen molar-refractivity contribution in [1.82, 2.24) is 30.0 Å². The molecule has 0 radical (unpaired) electrons. The highest BCUT2D eigenvalue weighted by atomic mass is 35.5. The van der Waals surface area contributed by atoms with Crippen LogP contribution in [0.2, 0.25) is 5.02 Å². The fourth-order valence-corrected chi connectivity index (χ4v) is 4.67. The molecule has 4 aromatic rings. The predicted octanol–water partition coefficient (Wildman–Crippen LogP) is 3.05. The summed E-state index contributed by atoms with van der Waals surface area (Å²) in [5.41, 5.74) is 7.92. The van der Waals surface area contributed by atoms with Crippen LogP contribution in [0.3, 0.4) is 0 Å². The third kappa shape index (κ3) is 4.90. The standard InChI is InChI=1S/C24H27ClN8O/c25-18-4-2-17(3-5-18)20(15-33-11-1-9-30-33)31-21(34)14-24(26)7-12-32(13-8-24)23-19-6-10-27-22(19)28-16-29-23/h1-6,9-11,16,20H,7-8,12-15,26H2,(H,31,34)(H,27,28,29). The van der Waals surface area contributed by atoms with Gasteiger partial charge in [0.25, 0.3) is 0 Å². The summed E-state index contributed by atoms with van der Waals surface area (Å²) in [5.74, 6) is 0.831. The Morgan fingerprint density at radius 1 is 1.21 bits per heavy atom. The Hall–Kier alpha value is -3.43. The molecule has 4 N–H and O–H groups in total. The molecule has 0 spiro atoms. The minimum atomic E-state index is -0.568. The average molecular weight is 479 g/mol. The zero-order chi connectivity index (χ0) is 23.5. The number of hydrogen-bond acceptors (Lipinski definition) is 6. The Balaban J connectivity index is 1.24. The van der Waals surface area contributed by atoms with Crippen LogP contribution in [0.4, 0.5) is 5.82 Å². The number of rotatable bonds is 7. The monoisotopic (exact) mass is 478 g/mol. The zero-order valence-electron chi connectivity index (χ0n) is 18.7. The Labute approximate surface area is 202 Å². The number of carbonyl (C=O) groups excluding carboxylic acids is 1. The molecule has 34 heavy (non-hydrogen) atoms. The molecule has 1 fully saturated rings. The molecular weight excluding hydrogens is 452 g/mol. The highest BCUT2D eigenvalue weighted by Gasteiger charge is 2.34. The van der Waals surface area contributed by atoms with Crippen molar-refractivity contribution in [3.63, 3.8) is 0 Å². The van der Waals surface area contributed by atoms with E-state index in [-0.39, 0.29) is 18.4 Å². The van der Waals surface area contributed by atoms with E-state index in [1.54, 1.807) is 17.2 Å². The smallest absolute Gasteiger partial charge is 0.222 e. The number of nitrogens with one attached hydrogen (secondary N) is 2. The molecule has 0 bridgehead atoms. The molecule has 1 aliphatic heterocycles. The average Bonchev–Trinajstić information content (AvgIpc) is 3.51. The maximum atomic E-state index is 13.1. The summed E-state index contributed by atoms with van der Waals surface area (Å²) in [7, 11) is 0. The second-order valence-corrected chi connectivity index (χ2v) is 9.30. The van der Waals surface area contributed by atoms with Gasteiger partial charge in [0.2, 0.25) is 5.91 Å². The number of hydrogen-bond donors (Lipinski definition) is 3. The second-order valence-electron chi connectivity index (χ2n) is 8.86. The van der Waals surface area contributed by atoms with Gasteiger partial charge >= 0.3 is 0 Å². The van der Waals surface area contributed by atoms with Gasteiger partial charge in [-0.2, -0.15) is 5.10 Å². The lowest BCUT2D eigenvalue weighted by Crippen LogP contribution is -2.53. The summed E-state index contributed by atoms with van der Waals surface area (Å²) in [4.78, 5) is 27.2. The van der Waals surface area contributed by atoms with E-state index in [0.29, 0.717) is 24.4 Å². The van der Waals surface area contributed by atoms with Gasteiger partial charge in [-0.15, -0.1) is 0 Å². The van der Waals surface area contributed by atoms with Crippen LogP contribution in [-0.2, 0) is 11.3 Å². The molecule has 1 aliphatic rings. The van der Waals surface area contributed by atoms with Crippen LogP contribution in [-0.4, -0.2) is 49.3 Å². The van der Waals surface area contributed by atoms with Crippen molar-refractivity contribution in [2.24, 2.45) is 5.73 Å². The third-order valence-electron chi connectivity index (χ3n) is 6.44. The summed E-state index contributed by atoms with van der Waals surface area (Å²) in [6.07, 6.45) is 8.69. The van der Waals surface area contributed by atoms with E-state index in [9.17, 15) is 4.79 Å². The van der Waals surface area contributed by atoms with E-state index < -0.39 is 5.54 Å². The van der Waals surface area contributed by atoms with E-state index in [2.05, 4.69) is 30.3 Å². The number of aromatic amines is 1. The van der Waals surface area contributed by atoms with Crippen molar-refractivity contribution >= 4 is 34.4 Å². The summed E-state index contributed by atoms with van der Waals surface area (Å²) in [5, 5.41) is 9.10. The first kappa shape index (κ1) is 22.4. The number of fused-ring (bicyclic) bond motifs is 1. The van der Waals surface area contributed by atoms with Crippen molar-refractivity contribution in [3.05, 3.63) is 71.9 Å². The number of halogens is 1. The molecule has 9 nitrogen and oxygen atoms in total. The van der Waals surface area contributed by atoms with Gasteiger partial charge in [0.1, 0.15) is 17.8 Å². The quantitative estimate of drug-likeness (QED) is 0.375. The van der Waals surface area contributed by atoms with Crippen molar-refractivity contribution in [2.45, 2.75) is 37.4 Å². The normalized spacial score (nSPS) is 16.5. The number of aromatic nitrogens is 5. The topological polar surface area (TPSA) is 118 Å². The molecule has 0 saturated carbocycles. The number of piperidine rings is 1. The zero-order valence-corrected chi connectivity index (χ0v) is 19.4. The van der Waals surface area contributed by atoms with E-state index in [4.69, 9.17) is 17.3 Å². The minimum Gasteiger partial charge on any atom is -0.356 e. The lowest BCUT2D eigenvalue weighted by molar-refractivity contribution is -0.123. The number of amides is 1. The van der Waals surface area contributed by atoms with Crippen LogP contribution in [0.1, 0.15) is 30.9 Å². The minimum absolute atomic E-state index is 0.0712. The SMILES string of the molecule is NC1(CC(=O)NC(Cn2cccn2)c2ccc(Cl)cc2)CCN(c2ncnc3[nH]ccc23)CC1. The Morgan fingerprint density at radius 3 is 2.74 bits per heavy atom. The van der Waals surface area contributed by atoms with Crippen molar-refractivity contribution in [2.75, 3.05) is 18.0 Å². The molecule has 5 rings (SSSR count). The number of benzene rings is 1. The predicted molar refractivity (Wildman–Crippen MR) is 131 cm³/mol. The highest BCUT2D eigenvalue weighted by Crippen LogP contribution is 2.30. The summed E-state index contributed by atoms with van der Waals surface area (Å²) < 4.78 is 1.81. The number of nitrogens with two attached hydrogens (primary N) is 1. The summed E-state index contributed by atoms with van der Waals surface area (Å²) >= 11 is 6.06. The fourth-order valence-electron chi connectivity index (χ4n) is 4.54. The van der Waals surface area contributed by atoms with Crippen LogP contribution in [0, 0.1) is 0 Å². The van der Waals surface area contributed by atoms with Crippen LogP contribution in [0.5, 0.6) is 0 Å². The number of nitrogens with zero attached hydrogens (tertiary/aromatic N) is 5. The number of anilines is 1. The van der Waals surface area contributed by atoms with Gasteiger partial charge in [-0.1, -0.05) is 23.7 Å². The first-order valence-electron chi connectivity index (χ1n) is 11.3. The molecule has 10 heteroatoms. The Morgan fingerprint density at radius 2 is 2.00 bits per heavy atom. The molecule has 3 aromatic heterocycles. The Kier molecular flexibility index (Phi) is 6.21. The highest BCUT2D eigenvalue weighted by molar-refractivity contribution is 6.30. The van der Waals surface area contributed by atoms with Crippen molar-refractivity contribution in [3.8, 4) is 0 Å². The number of carbonyl (C=O) groups is 1. The third-order valence-corrected chi connectivity index (χ3v) is 6.69. The van der Waals surface area contributed by atoms with E-state index in [1.165, 1.54) is 0 Å². The van der Waals surface area contributed by atoms with Gasteiger partial charge in [0, 0.05) is 48.7 Å². The molecule has 176 valence electrons. The van der Waals surface area contributed by atoms with E-state index in [0.717, 1.165) is 35.5 Å². The molecule has 1 amide bonds. The van der Waals surface area contributed by atoms with E-state index in [1.807, 2.05) is 48.8 Å². The van der Waals surface area contributed by atoms with Crippen LogP contribution in [0.15, 0.2) is 61.3 Å². The van der Waals surface area contributed by atoms with Gasteiger partial charge < -0.3 is 20.9 Å². The maximum Gasteiger partial charge on any atom is 0.222 e. The van der Waals surface area contributed by atoms with Gasteiger partial charge in [-0.05, 0) is 42.7 Å². The van der Waals surface area contributed by atoms with Crippen LogP contribution in [0.25, 0.3) is 11.0 Å². The maximum absolute atomic E-state index is 13.1. The fraction of sp³-hybridized carbons (Fsp3) is 0.333. The molecule has 1 aromatic carbocycles. The van der Waals surface area contributed by atoms with Gasteiger partial charge in [-0.25, -0.2) is 9.97 Å².